The van der Waals surface area contributed by atoms with Gasteiger partial charge in [-0.25, -0.2) is 0 Å². The zero-order valence-electron chi connectivity index (χ0n) is 20.7. The lowest BCUT2D eigenvalue weighted by Crippen LogP contribution is -2.26. The predicted octanol–water partition coefficient (Wildman–Crippen LogP) is 6.91. The summed E-state index contributed by atoms with van der Waals surface area (Å²) in [6.07, 6.45) is 5.15. The van der Waals surface area contributed by atoms with Gasteiger partial charge in [0.2, 0.25) is 0 Å². The van der Waals surface area contributed by atoms with Gasteiger partial charge in [0.1, 0.15) is 17.5 Å². The highest BCUT2D eigenvalue weighted by Crippen LogP contribution is 2.45. The van der Waals surface area contributed by atoms with Crippen LogP contribution in [0, 0.1) is 16.0 Å². The van der Waals surface area contributed by atoms with E-state index in [1.807, 2.05) is 48.5 Å². The number of hydrazone groups is 1. The molecule has 0 bridgehead atoms. The molecule has 1 heterocycles. The van der Waals surface area contributed by atoms with Gasteiger partial charge in [0.05, 0.1) is 30.5 Å². The zero-order valence-corrected chi connectivity index (χ0v) is 20.7. The second kappa shape index (κ2) is 10.6. The molecular weight excluding hydrogens is 470 g/mol. The molecule has 5 rings (SSSR count). The van der Waals surface area contributed by atoms with Crippen LogP contribution in [0.1, 0.15) is 36.4 Å². The monoisotopic (exact) mass is 497 g/mol. The topological polar surface area (TPSA) is 102 Å². The Balaban J connectivity index is 1.49. The molecule has 9 heteroatoms. The van der Waals surface area contributed by atoms with Crippen molar-refractivity contribution < 1.29 is 14.4 Å². The first-order valence-electron chi connectivity index (χ1n) is 12.1. The van der Waals surface area contributed by atoms with Gasteiger partial charge in [-0.05, 0) is 83.7 Å². The summed E-state index contributed by atoms with van der Waals surface area (Å²) in [6, 6.07) is 21.8. The van der Waals surface area contributed by atoms with Gasteiger partial charge in [0.25, 0.3) is 5.69 Å². The number of hydrogen-bond donors (Lipinski definition) is 0. The Hall–Kier alpha value is -4.53. The van der Waals surface area contributed by atoms with Crippen molar-refractivity contribution in [3.05, 3.63) is 99.6 Å². The van der Waals surface area contributed by atoms with E-state index >= 15 is 0 Å². The quantitative estimate of drug-likeness (QED) is 0.201. The maximum atomic E-state index is 11.0. The van der Waals surface area contributed by atoms with Gasteiger partial charge in [-0.3, -0.25) is 10.1 Å². The molecule has 0 amide bonds. The molecule has 3 aromatic carbocycles. The third-order valence-electron chi connectivity index (χ3n) is 6.71. The number of nitrogens with zero attached hydrogens (tertiary/aromatic N) is 5. The molecule has 37 heavy (non-hydrogen) atoms. The third-order valence-corrected chi connectivity index (χ3v) is 6.71. The number of nitro groups is 1. The summed E-state index contributed by atoms with van der Waals surface area (Å²) in [7, 11) is 3.31. The lowest BCUT2D eigenvalue weighted by atomic mass is 9.78. The average Bonchev–Trinajstić information content (AvgIpc) is 3.32. The van der Waals surface area contributed by atoms with Crippen LogP contribution in [0.2, 0.25) is 0 Å². The molecule has 0 N–H and O–H groups in total. The molecule has 1 aliphatic heterocycles. The van der Waals surface area contributed by atoms with Crippen molar-refractivity contribution in [2.75, 3.05) is 14.2 Å². The highest BCUT2D eigenvalue weighted by molar-refractivity contribution is 6.07. The Labute approximate surface area is 214 Å². The fraction of sp³-hybridized carbons (Fsp3) is 0.250. The third kappa shape index (κ3) is 5.20. The van der Waals surface area contributed by atoms with Crippen molar-refractivity contribution in [3.63, 3.8) is 0 Å². The molecule has 0 spiro atoms. The summed E-state index contributed by atoms with van der Waals surface area (Å²) in [5.74, 6) is 1.76. The summed E-state index contributed by atoms with van der Waals surface area (Å²) in [6.45, 7) is 0. The first kappa shape index (κ1) is 24.2. The molecule has 188 valence electrons. The minimum Gasteiger partial charge on any atom is -0.497 e. The number of fused-ring (bicyclic) bond motifs is 1. The standard InChI is InChI=1S/C28H27N5O4/c1-36-24-14-6-19(7-15-24)18-21-4-3-5-26-27(21)30-32(28(26)20-8-16-25(37-2)17-9-20)31-29-22-10-12-23(13-11-22)33(34)35/h6-18,26,28H,3-5H2,1-2H3/b21-18+,31-29?/t26-,28+/m0/s1. The number of nitro benzene ring substituents is 1. The van der Waals surface area contributed by atoms with Gasteiger partial charge >= 0.3 is 0 Å². The maximum absolute atomic E-state index is 11.0. The second-order valence-electron chi connectivity index (χ2n) is 8.93. The van der Waals surface area contributed by atoms with Crippen molar-refractivity contribution in [1.29, 1.82) is 0 Å². The molecule has 1 fully saturated rings. The van der Waals surface area contributed by atoms with Gasteiger partial charge < -0.3 is 9.47 Å². The number of ether oxygens (including phenoxy) is 2. The Kier molecular flexibility index (Phi) is 6.93. The summed E-state index contributed by atoms with van der Waals surface area (Å²) in [5.41, 5.74) is 4.89. The van der Waals surface area contributed by atoms with Crippen LogP contribution in [-0.2, 0) is 0 Å². The maximum Gasteiger partial charge on any atom is 0.269 e. The van der Waals surface area contributed by atoms with Crippen molar-refractivity contribution in [1.82, 2.24) is 5.12 Å². The van der Waals surface area contributed by atoms with E-state index in [1.165, 1.54) is 17.7 Å². The van der Waals surface area contributed by atoms with E-state index in [0.29, 0.717) is 5.69 Å². The van der Waals surface area contributed by atoms with E-state index in [2.05, 4.69) is 16.4 Å². The summed E-state index contributed by atoms with van der Waals surface area (Å²) in [4.78, 5) is 10.5. The molecule has 1 aliphatic carbocycles. The largest absolute Gasteiger partial charge is 0.497 e. The van der Waals surface area contributed by atoms with Crippen LogP contribution in [0.3, 0.4) is 0 Å². The Bertz CT molecular complexity index is 1350. The van der Waals surface area contributed by atoms with Crippen molar-refractivity contribution in [2.45, 2.75) is 25.3 Å². The van der Waals surface area contributed by atoms with Crippen molar-refractivity contribution in [3.8, 4) is 11.5 Å². The molecule has 0 aromatic heterocycles. The van der Waals surface area contributed by atoms with Gasteiger partial charge in [-0.2, -0.15) is 10.2 Å². The van der Waals surface area contributed by atoms with E-state index in [-0.39, 0.29) is 17.6 Å². The van der Waals surface area contributed by atoms with Gasteiger partial charge in [-0.15, -0.1) is 5.11 Å². The van der Waals surface area contributed by atoms with E-state index in [9.17, 15) is 10.1 Å². The highest BCUT2D eigenvalue weighted by atomic mass is 16.6. The molecule has 0 unspecified atom stereocenters. The van der Waals surface area contributed by atoms with Gasteiger partial charge in [-0.1, -0.05) is 24.3 Å². The smallest absolute Gasteiger partial charge is 0.269 e. The molecule has 0 saturated heterocycles. The van der Waals surface area contributed by atoms with Crippen LogP contribution < -0.4 is 9.47 Å². The Morgan fingerprint density at radius 1 is 0.973 bits per heavy atom. The van der Waals surface area contributed by atoms with Crippen LogP contribution in [0.15, 0.2) is 93.8 Å². The summed E-state index contributed by atoms with van der Waals surface area (Å²) < 4.78 is 10.6. The SMILES string of the molecule is COc1ccc(/C=C2\CCC[C@H]3C2=NN(N=Nc2ccc([N+](=O)[O-])cc2)[C@@H]3c2ccc(OC)cc2)cc1. The number of methoxy groups -OCH3 is 2. The van der Waals surface area contributed by atoms with Crippen LogP contribution in [-0.4, -0.2) is 30.0 Å². The molecule has 9 nitrogen and oxygen atoms in total. The minimum absolute atomic E-state index is 0.0100. The fourth-order valence-corrected chi connectivity index (χ4v) is 4.82. The van der Waals surface area contributed by atoms with Crippen LogP contribution in [0.25, 0.3) is 6.08 Å². The van der Waals surface area contributed by atoms with Gasteiger partial charge in [0, 0.05) is 18.1 Å². The molecule has 3 aromatic rings. The Morgan fingerprint density at radius 2 is 1.62 bits per heavy atom. The van der Waals surface area contributed by atoms with E-state index in [0.717, 1.165) is 47.6 Å². The zero-order chi connectivity index (χ0) is 25.8. The average molecular weight is 498 g/mol. The fourth-order valence-electron chi connectivity index (χ4n) is 4.82. The number of hydrogen-bond acceptors (Lipinski definition) is 7. The predicted molar refractivity (Wildman–Crippen MR) is 141 cm³/mol. The number of rotatable bonds is 7. The van der Waals surface area contributed by atoms with Crippen LogP contribution >= 0.6 is 0 Å². The van der Waals surface area contributed by atoms with Crippen molar-refractivity contribution in [2.24, 2.45) is 21.4 Å². The number of benzene rings is 3. The number of non-ortho nitro benzene ring substituents is 1. The molecule has 2 aliphatic rings. The number of allylic oxidation sites excluding steroid dienone is 1. The van der Waals surface area contributed by atoms with E-state index in [1.54, 1.807) is 31.5 Å². The summed E-state index contributed by atoms with van der Waals surface area (Å²) in [5, 5.41) is 26.4. The lowest BCUT2D eigenvalue weighted by Gasteiger charge is -2.28. The van der Waals surface area contributed by atoms with Crippen LogP contribution in [0.4, 0.5) is 11.4 Å². The molecule has 2 atom stereocenters. The normalized spacial score (nSPS) is 20.1. The molecule has 1 saturated carbocycles. The Morgan fingerprint density at radius 3 is 2.24 bits per heavy atom. The molecule has 0 radical (unpaired) electrons. The van der Waals surface area contributed by atoms with Crippen molar-refractivity contribution >= 4 is 23.2 Å². The minimum atomic E-state index is -0.436. The van der Waals surface area contributed by atoms with Crippen LogP contribution in [0.5, 0.6) is 11.5 Å². The molecular formula is C28H27N5O4. The van der Waals surface area contributed by atoms with Gasteiger partial charge in [0.15, 0.2) is 0 Å². The first-order valence-corrected chi connectivity index (χ1v) is 12.1. The van der Waals surface area contributed by atoms with E-state index < -0.39 is 4.92 Å². The summed E-state index contributed by atoms with van der Waals surface area (Å²) >= 11 is 0. The first-order chi connectivity index (χ1) is 18.1. The second-order valence-corrected chi connectivity index (χ2v) is 8.93. The lowest BCUT2D eigenvalue weighted by molar-refractivity contribution is -0.384. The highest BCUT2D eigenvalue weighted by Gasteiger charge is 2.42. The van der Waals surface area contributed by atoms with E-state index in [4.69, 9.17) is 14.6 Å².